The van der Waals surface area contributed by atoms with Crippen LogP contribution in [0.2, 0.25) is 0 Å². The molecule has 28 heavy (non-hydrogen) atoms. The van der Waals surface area contributed by atoms with E-state index in [4.69, 9.17) is 5.11 Å². The van der Waals surface area contributed by atoms with Crippen molar-refractivity contribution < 1.29 is 19.7 Å². The molecule has 0 aliphatic heterocycles. The molecule has 3 rings (SSSR count). The summed E-state index contributed by atoms with van der Waals surface area (Å²) in [4.78, 5) is 49.7. The Bertz CT molecular complexity index is 1190. The largest absolute Gasteiger partial charge is 0.476 e. The van der Waals surface area contributed by atoms with E-state index in [1.54, 1.807) is 6.07 Å². The molecule has 12 heteroatoms. The van der Waals surface area contributed by atoms with Gasteiger partial charge in [-0.05, 0) is 11.6 Å². The normalized spacial score (nSPS) is 10.6. The van der Waals surface area contributed by atoms with Crippen molar-refractivity contribution in [3.63, 3.8) is 0 Å². The molecule has 3 N–H and O–H groups in total. The number of H-pyrrole nitrogens is 1. The third-order valence-corrected chi connectivity index (χ3v) is 3.81. The summed E-state index contributed by atoms with van der Waals surface area (Å²) < 4.78 is 0. The van der Waals surface area contributed by atoms with Crippen LogP contribution in [0.1, 0.15) is 16.1 Å². The van der Waals surface area contributed by atoms with Crippen LogP contribution in [-0.4, -0.2) is 30.9 Å². The maximum Gasteiger partial charge on any atom is 0.360 e. The number of nitrogens with one attached hydrogen (secondary N) is 2. The van der Waals surface area contributed by atoms with Gasteiger partial charge in [0.15, 0.2) is 0 Å². The maximum atomic E-state index is 11.7. The second kappa shape index (κ2) is 7.11. The molecule has 0 saturated heterocycles. The van der Waals surface area contributed by atoms with Crippen molar-refractivity contribution in [1.29, 1.82) is 0 Å². The number of benzene rings is 2. The zero-order chi connectivity index (χ0) is 20.4. The summed E-state index contributed by atoms with van der Waals surface area (Å²) in [6.07, 6.45) is 0. The number of aromatic carboxylic acids is 1. The number of carbonyl (C=O) groups is 1. The lowest BCUT2D eigenvalue weighted by Crippen LogP contribution is -2.20. The van der Waals surface area contributed by atoms with E-state index in [-0.39, 0.29) is 34.6 Å². The Balaban J connectivity index is 2.02. The standard InChI is InChI=1S/C16H11N5O7/c22-15-14(16(23)24)18-10-5-12(13(21(27)28)6-11(10)19-15)17-7-8-2-1-3-9(4-8)20(25)26/h1-6,17H,7H2,(H,19,22)(H,23,24). The summed E-state index contributed by atoms with van der Waals surface area (Å²) in [7, 11) is 0. The van der Waals surface area contributed by atoms with Gasteiger partial charge in [-0.3, -0.25) is 25.0 Å². The van der Waals surface area contributed by atoms with Crippen LogP contribution in [0.15, 0.2) is 41.2 Å². The van der Waals surface area contributed by atoms with Crippen LogP contribution >= 0.6 is 0 Å². The van der Waals surface area contributed by atoms with Crippen LogP contribution in [0.25, 0.3) is 11.0 Å². The topological polar surface area (TPSA) is 181 Å². The van der Waals surface area contributed by atoms with E-state index < -0.39 is 27.1 Å². The lowest BCUT2D eigenvalue weighted by Gasteiger charge is -2.09. The van der Waals surface area contributed by atoms with E-state index in [2.05, 4.69) is 15.3 Å². The second-order valence-electron chi connectivity index (χ2n) is 5.64. The predicted octanol–water partition coefficient (Wildman–Crippen LogP) is 2.05. The molecule has 0 aliphatic rings. The van der Waals surface area contributed by atoms with Crippen molar-refractivity contribution in [2.24, 2.45) is 0 Å². The van der Waals surface area contributed by atoms with E-state index in [0.717, 1.165) is 6.07 Å². The molecular weight excluding hydrogens is 374 g/mol. The van der Waals surface area contributed by atoms with Crippen LogP contribution < -0.4 is 10.9 Å². The van der Waals surface area contributed by atoms with E-state index in [1.807, 2.05) is 0 Å². The average Bonchev–Trinajstić information content (AvgIpc) is 2.65. The first kappa shape index (κ1) is 18.4. The molecule has 1 aromatic heterocycles. The molecule has 1 heterocycles. The minimum atomic E-state index is -1.53. The minimum absolute atomic E-state index is 0.00241. The van der Waals surface area contributed by atoms with Crippen molar-refractivity contribution in [3.05, 3.63) is 78.2 Å². The van der Waals surface area contributed by atoms with Crippen molar-refractivity contribution >= 4 is 34.1 Å². The number of fused-ring (bicyclic) bond motifs is 1. The second-order valence-corrected chi connectivity index (χ2v) is 5.64. The molecule has 0 bridgehead atoms. The van der Waals surface area contributed by atoms with Gasteiger partial charge in [0.05, 0.1) is 20.9 Å². The summed E-state index contributed by atoms with van der Waals surface area (Å²) in [5.41, 5.74) is -1.68. The van der Waals surface area contributed by atoms with Gasteiger partial charge in [0.2, 0.25) is 5.69 Å². The van der Waals surface area contributed by atoms with Gasteiger partial charge in [-0.2, -0.15) is 0 Å². The molecule has 0 unspecified atom stereocenters. The number of anilines is 1. The smallest absolute Gasteiger partial charge is 0.360 e. The van der Waals surface area contributed by atoms with Gasteiger partial charge in [-0.15, -0.1) is 0 Å². The van der Waals surface area contributed by atoms with Crippen molar-refractivity contribution in [2.75, 3.05) is 5.32 Å². The number of hydrogen-bond acceptors (Lipinski definition) is 8. The summed E-state index contributed by atoms with van der Waals surface area (Å²) >= 11 is 0. The Morgan fingerprint density at radius 3 is 2.57 bits per heavy atom. The third-order valence-electron chi connectivity index (χ3n) is 3.81. The number of carboxylic acid groups (broad SMARTS) is 1. The number of hydrogen-bond donors (Lipinski definition) is 3. The van der Waals surface area contributed by atoms with Crippen molar-refractivity contribution in [1.82, 2.24) is 9.97 Å². The zero-order valence-corrected chi connectivity index (χ0v) is 13.9. The fourth-order valence-electron chi connectivity index (χ4n) is 2.54. The Kier molecular flexibility index (Phi) is 4.68. The van der Waals surface area contributed by atoms with E-state index in [1.165, 1.54) is 24.3 Å². The maximum absolute atomic E-state index is 11.7. The fraction of sp³-hybridized carbons (Fsp3) is 0.0625. The van der Waals surface area contributed by atoms with Gasteiger partial charge in [0, 0.05) is 24.7 Å². The lowest BCUT2D eigenvalue weighted by atomic mass is 10.1. The van der Waals surface area contributed by atoms with Crippen LogP contribution in [0.3, 0.4) is 0 Å². The lowest BCUT2D eigenvalue weighted by molar-refractivity contribution is -0.384. The van der Waals surface area contributed by atoms with Gasteiger partial charge < -0.3 is 15.4 Å². The van der Waals surface area contributed by atoms with Gasteiger partial charge in [0.1, 0.15) is 5.69 Å². The van der Waals surface area contributed by atoms with E-state index >= 15 is 0 Å². The summed E-state index contributed by atoms with van der Waals surface area (Å²) in [5, 5.41) is 34.0. The van der Waals surface area contributed by atoms with E-state index in [9.17, 15) is 29.8 Å². The molecule has 3 aromatic rings. The molecular formula is C16H11N5O7. The Labute approximate surface area is 154 Å². The molecule has 0 spiro atoms. The van der Waals surface area contributed by atoms with Gasteiger partial charge in [0.25, 0.3) is 16.9 Å². The van der Waals surface area contributed by atoms with Gasteiger partial charge >= 0.3 is 5.97 Å². The molecule has 0 radical (unpaired) electrons. The summed E-state index contributed by atoms with van der Waals surface area (Å²) in [5.74, 6) is -1.53. The number of aromatic amines is 1. The van der Waals surface area contributed by atoms with Crippen molar-refractivity contribution in [3.8, 4) is 0 Å². The van der Waals surface area contributed by atoms with Crippen LogP contribution in [0, 0.1) is 20.2 Å². The quantitative estimate of drug-likeness (QED) is 0.422. The highest BCUT2D eigenvalue weighted by atomic mass is 16.6. The predicted molar refractivity (Wildman–Crippen MR) is 96.4 cm³/mol. The molecule has 142 valence electrons. The van der Waals surface area contributed by atoms with Gasteiger partial charge in [-0.25, -0.2) is 9.78 Å². The van der Waals surface area contributed by atoms with Crippen molar-refractivity contribution in [2.45, 2.75) is 6.54 Å². The minimum Gasteiger partial charge on any atom is -0.476 e. The van der Waals surface area contributed by atoms with Gasteiger partial charge in [-0.1, -0.05) is 12.1 Å². The highest BCUT2D eigenvalue weighted by Gasteiger charge is 2.19. The number of nitro benzene ring substituents is 2. The number of carboxylic acids is 1. The molecule has 0 fully saturated rings. The highest BCUT2D eigenvalue weighted by Crippen LogP contribution is 2.29. The number of aromatic nitrogens is 2. The van der Waals surface area contributed by atoms with Crippen LogP contribution in [-0.2, 0) is 6.54 Å². The number of nitrogens with zero attached hydrogens (tertiary/aromatic N) is 3. The van der Waals surface area contributed by atoms with Crippen LogP contribution in [0.5, 0.6) is 0 Å². The fourth-order valence-corrected chi connectivity index (χ4v) is 2.54. The first-order valence-corrected chi connectivity index (χ1v) is 7.69. The SMILES string of the molecule is O=C(O)c1nc2cc(NCc3cccc([N+](=O)[O-])c3)c([N+](=O)[O-])cc2[nH]c1=O. The summed E-state index contributed by atoms with van der Waals surface area (Å²) in [6.45, 7) is 0.0309. The monoisotopic (exact) mass is 385 g/mol. The average molecular weight is 385 g/mol. The molecule has 12 nitrogen and oxygen atoms in total. The highest BCUT2D eigenvalue weighted by molar-refractivity contribution is 5.90. The number of non-ortho nitro benzene ring substituents is 1. The summed E-state index contributed by atoms with van der Waals surface area (Å²) in [6, 6.07) is 8.01. The molecule has 0 amide bonds. The Hall–Kier alpha value is -4.35. The molecule has 0 aliphatic carbocycles. The zero-order valence-electron chi connectivity index (χ0n) is 13.9. The van der Waals surface area contributed by atoms with Crippen LogP contribution in [0.4, 0.5) is 17.1 Å². The Morgan fingerprint density at radius 1 is 1.18 bits per heavy atom. The van der Waals surface area contributed by atoms with E-state index in [0.29, 0.717) is 5.56 Å². The molecule has 0 atom stereocenters. The number of rotatable bonds is 6. The third kappa shape index (κ3) is 3.60. The first-order valence-electron chi connectivity index (χ1n) is 7.69. The molecule has 0 saturated carbocycles. The Morgan fingerprint density at radius 2 is 1.93 bits per heavy atom. The number of nitro groups is 2. The molecule has 2 aromatic carbocycles. The first-order chi connectivity index (χ1) is 13.3.